The highest BCUT2D eigenvalue weighted by Gasteiger charge is 2.14. The Morgan fingerprint density at radius 1 is 1.11 bits per heavy atom. The molecule has 0 spiro atoms. The Labute approximate surface area is 163 Å². The van der Waals surface area contributed by atoms with Crippen molar-refractivity contribution in [1.29, 1.82) is 0 Å². The molecule has 1 N–H and O–H groups in total. The minimum atomic E-state index is -0.0634. The van der Waals surface area contributed by atoms with Gasteiger partial charge in [-0.2, -0.15) is 0 Å². The summed E-state index contributed by atoms with van der Waals surface area (Å²) in [6.45, 7) is 2.47. The van der Waals surface area contributed by atoms with Crippen LogP contribution in [0.4, 0.5) is 0 Å². The molecule has 2 aromatic carbocycles. The van der Waals surface area contributed by atoms with Gasteiger partial charge in [0.2, 0.25) is 5.91 Å². The van der Waals surface area contributed by atoms with Gasteiger partial charge in [-0.3, -0.25) is 9.36 Å². The molecule has 1 heterocycles. The van der Waals surface area contributed by atoms with Crippen molar-refractivity contribution in [2.24, 2.45) is 0 Å². The Kier molecular flexibility index (Phi) is 6.49. The zero-order valence-corrected chi connectivity index (χ0v) is 16.2. The Hall–Kier alpha value is -2.80. The predicted octanol–water partition coefficient (Wildman–Crippen LogP) is 3.25. The standard InChI is InChI=1S/C20H22N4O2S/c1-3-18-22-23-20(24(18)16-10-5-4-6-11-16)27-14-19(25)21-13-15-9-7-8-12-17(15)26-2/h4-12H,3,13-14H2,1-2H3,(H,21,25). The number of carbonyl (C=O) groups is 1. The van der Waals surface area contributed by atoms with Crippen LogP contribution < -0.4 is 10.1 Å². The number of hydrogen-bond donors (Lipinski definition) is 1. The molecule has 0 bridgehead atoms. The zero-order valence-electron chi connectivity index (χ0n) is 15.4. The number of aryl methyl sites for hydroxylation is 1. The highest BCUT2D eigenvalue weighted by Crippen LogP contribution is 2.22. The molecular formula is C20H22N4O2S. The third kappa shape index (κ3) is 4.68. The fraction of sp³-hybridized carbons (Fsp3) is 0.250. The van der Waals surface area contributed by atoms with Crippen molar-refractivity contribution >= 4 is 17.7 Å². The molecule has 0 saturated heterocycles. The second kappa shape index (κ2) is 9.23. The van der Waals surface area contributed by atoms with Gasteiger partial charge in [0, 0.05) is 24.2 Å². The van der Waals surface area contributed by atoms with Crippen molar-refractivity contribution in [3.8, 4) is 11.4 Å². The smallest absolute Gasteiger partial charge is 0.230 e. The second-order valence-electron chi connectivity index (χ2n) is 5.80. The lowest BCUT2D eigenvalue weighted by Crippen LogP contribution is -2.25. The number of ether oxygens (including phenoxy) is 1. The Morgan fingerprint density at radius 2 is 1.85 bits per heavy atom. The van der Waals surface area contributed by atoms with E-state index in [1.807, 2.05) is 66.1 Å². The van der Waals surface area contributed by atoms with Crippen molar-refractivity contribution in [1.82, 2.24) is 20.1 Å². The van der Waals surface area contributed by atoms with E-state index < -0.39 is 0 Å². The van der Waals surface area contributed by atoms with E-state index in [0.29, 0.717) is 11.7 Å². The van der Waals surface area contributed by atoms with E-state index in [1.165, 1.54) is 11.8 Å². The van der Waals surface area contributed by atoms with Crippen LogP contribution >= 0.6 is 11.8 Å². The van der Waals surface area contributed by atoms with Crippen molar-refractivity contribution in [2.75, 3.05) is 12.9 Å². The van der Waals surface area contributed by atoms with Gasteiger partial charge in [0.1, 0.15) is 11.6 Å². The van der Waals surface area contributed by atoms with Crippen LogP contribution in [0.5, 0.6) is 5.75 Å². The van der Waals surface area contributed by atoms with Gasteiger partial charge in [-0.15, -0.1) is 10.2 Å². The van der Waals surface area contributed by atoms with E-state index in [-0.39, 0.29) is 11.7 Å². The molecule has 3 rings (SSSR count). The number of carbonyl (C=O) groups excluding carboxylic acids is 1. The maximum Gasteiger partial charge on any atom is 0.230 e. The van der Waals surface area contributed by atoms with Gasteiger partial charge in [0.15, 0.2) is 5.16 Å². The number of nitrogens with zero attached hydrogens (tertiary/aromatic N) is 3. The Balaban J connectivity index is 1.63. The van der Waals surface area contributed by atoms with E-state index in [1.54, 1.807) is 7.11 Å². The molecule has 140 valence electrons. The minimum Gasteiger partial charge on any atom is -0.496 e. The van der Waals surface area contributed by atoms with Crippen LogP contribution in [0.25, 0.3) is 5.69 Å². The first-order chi connectivity index (χ1) is 13.2. The largest absolute Gasteiger partial charge is 0.496 e. The number of nitrogens with one attached hydrogen (secondary N) is 1. The molecule has 6 nitrogen and oxygen atoms in total. The average molecular weight is 382 g/mol. The van der Waals surface area contributed by atoms with Gasteiger partial charge in [0.25, 0.3) is 0 Å². The minimum absolute atomic E-state index is 0.0634. The molecule has 0 radical (unpaired) electrons. The number of hydrogen-bond acceptors (Lipinski definition) is 5. The van der Waals surface area contributed by atoms with Crippen molar-refractivity contribution in [3.63, 3.8) is 0 Å². The summed E-state index contributed by atoms with van der Waals surface area (Å²) in [5.74, 6) is 1.84. The topological polar surface area (TPSA) is 69.0 Å². The van der Waals surface area contributed by atoms with Gasteiger partial charge in [-0.25, -0.2) is 0 Å². The second-order valence-corrected chi connectivity index (χ2v) is 6.74. The average Bonchev–Trinajstić information content (AvgIpc) is 3.14. The molecule has 0 aliphatic heterocycles. The molecule has 0 atom stereocenters. The highest BCUT2D eigenvalue weighted by atomic mass is 32.2. The quantitative estimate of drug-likeness (QED) is 0.606. The first-order valence-corrected chi connectivity index (χ1v) is 9.72. The van der Waals surface area contributed by atoms with Crippen LogP contribution in [0.15, 0.2) is 59.8 Å². The molecule has 27 heavy (non-hydrogen) atoms. The predicted molar refractivity (Wildman–Crippen MR) is 106 cm³/mol. The lowest BCUT2D eigenvalue weighted by atomic mass is 10.2. The normalized spacial score (nSPS) is 10.6. The monoisotopic (exact) mass is 382 g/mol. The molecule has 0 fully saturated rings. The Morgan fingerprint density at radius 3 is 2.59 bits per heavy atom. The van der Waals surface area contributed by atoms with Gasteiger partial charge in [-0.1, -0.05) is 55.1 Å². The summed E-state index contributed by atoms with van der Waals surface area (Å²) in [7, 11) is 1.62. The molecule has 3 aromatic rings. The molecule has 1 amide bonds. The van der Waals surface area contributed by atoms with Crippen LogP contribution in [0.2, 0.25) is 0 Å². The molecule has 0 unspecified atom stereocenters. The lowest BCUT2D eigenvalue weighted by Gasteiger charge is -2.10. The third-order valence-corrected chi connectivity index (χ3v) is 4.96. The van der Waals surface area contributed by atoms with Gasteiger partial charge >= 0.3 is 0 Å². The SMILES string of the molecule is CCc1nnc(SCC(=O)NCc2ccccc2OC)n1-c1ccccc1. The molecule has 0 aliphatic rings. The van der Waals surface area contributed by atoms with Crippen LogP contribution in [0.1, 0.15) is 18.3 Å². The van der Waals surface area contributed by atoms with Gasteiger partial charge in [0.05, 0.1) is 12.9 Å². The van der Waals surface area contributed by atoms with E-state index in [0.717, 1.165) is 29.2 Å². The first kappa shape index (κ1) is 19.0. The first-order valence-electron chi connectivity index (χ1n) is 8.74. The number of para-hydroxylation sites is 2. The maximum absolute atomic E-state index is 12.3. The summed E-state index contributed by atoms with van der Waals surface area (Å²) in [6, 6.07) is 17.6. The van der Waals surface area contributed by atoms with E-state index in [9.17, 15) is 4.79 Å². The summed E-state index contributed by atoms with van der Waals surface area (Å²) in [4.78, 5) is 12.3. The molecule has 0 saturated carbocycles. The number of rotatable bonds is 8. The summed E-state index contributed by atoms with van der Waals surface area (Å²) in [5, 5.41) is 12.1. The fourth-order valence-corrected chi connectivity index (χ4v) is 3.48. The van der Waals surface area contributed by atoms with Crippen LogP contribution in [0.3, 0.4) is 0 Å². The highest BCUT2D eigenvalue weighted by molar-refractivity contribution is 7.99. The number of thioether (sulfide) groups is 1. The van der Waals surface area contributed by atoms with Crippen LogP contribution in [0, 0.1) is 0 Å². The third-order valence-electron chi connectivity index (χ3n) is 4.03. The van der Waals surface area contributed by atoms with Gasteiger partial charge in [-0.05, 0) is 18.2 Å². The van der Waals surface area contributed by atoms with Crippen LogP contribution in [-0.4, -0.2) is 33.5 Å². The fourth-order valence-electron chi connectivity index (χ4n) is 2.68. The lowest BCUT2D eigenvalue weighted by molar-refractivity contribution is -0.118. The van der Waals surface area contributed by atoms with Crippen molar-refractivity contribution in [2.45, 2.75) is 25.0 Å². The number of benzene rings is 2. The number of aromatic nitrogens is 3. The Bertz CT molecular complexity index is 896. The summed E-state index contributed by atoms with van der Waals surface area (Å²) < 4.78 is 7.31. The van der Waals surface area contributed by atoms with Crippen molar-refractivity contribution in [3.05, 3.63) is 66.0 Å². The zero-order chi connectivity index (χ0) is 19.1. The maximum atomic E-state index is 12.3. The molecule has 1 aromatic heterocycles. The van der Waals surface area contributed by atoms with E-state index in [2.05, 4.69) is 15.5 Å². The van der Waals surface area contributed by atoms with E-state index >= 15 is 0 Å². The van der Waals surface area contributed by atoms with Gasteiger partial charge < -0.3 is 10.1 Å². The summed E-state index contributed by atoms with van der Waals surface area (Å²) >= 11 is 1.38. The summed E-state index contributed by atoms with van der Waals surface area (Å²) in [5.41, 5.74) is 1.94. The molecule has 0 aliphatic carbocycles. The van der Waals surface area contributed by atoms with Crippen molar-refractivity contribution < 1.29 is 9.53 Å². The molecular weight excluding hydrogens is 360 g/mol. The van der Waals surface area contributed by atoms with Crippen LogP contribution in [-0.2, 0) is 17.8 Å². The number of amides is 1. The number of methoxy groups -OCH3 is 1. The summed E-state index contributed by atoms with van der Waals surface area (Å²) in [6.07, 6.45) is 0.766. The molecule has 7 heteroatoms. The van der Waals surface area contributed by atoms with E-state index in [4.69, 9.17) is 4.74 Å².